The maximum absolute atomic E-state index is 12.0. The number of carbonyl (C=O) groups is 1. The Bertz CT molecular complexity index is 458. The van der Waals surface area contributed by atoms with E-state index in [1.54, 1.807) is 0 Å². The normalized spacial score (nSPS) is 17.1. The van der Waals surface area contributed by atoms with Crippen molar-refractivity contribution in [3.63, 3.8) is 0 Å². The lowest BCUT2D eigenvalue weighted by Crippen LogP contribution is -2.42. The summed E-state index contributed by atoms with van der Waals surface area (Å²) in [5.41, 5.74) is 1.07. The second-order valence-corrected chi connectivity index (χ2v) is 5.35. The molecule has 1 saturated carbocycles. The van der Waals surface area contributed by atoms with E-state index in [1.165, 1.54) is 0 Å². The van der Waals surface area contributed by atoms with Crippen LogP contribution >= 0.6 is 0 Å². The summed E-state index contributed by atoms with van der Waals surface area (Å²) in [7, 11) is 0. The van der Waals surface area contributed by atoms with Gasteiger partial charge in [-0.15, -0.1) is 0 Å². The molecule has 6 heteroatoms. The van der Waals surface area contributed by atoms with Gasteiger partial charge in [0, 0.05) is 6.04 Å². The molecule has 0 heterocycles. The van der Waals surface area contributed by atoms with Crippen LogP contribution in [0.2, 0.25) is 0 Å². The molecule has 0 radical (unpaired) electrons. The van der Waals surface area contributed by atoms with Gasteiger partial charge in [0.15, 0.2) is 0 Å². The topological polar surface area (TPSA) is 41.1 Å². The molecule has 0 saturated heterocycles. The fraction of sp³-hybridized carbons (Fsp3) is 0.533. The predicted molar refractivity (Wildman–Crippen MR) is 73.6 cm³/mol. The van der Waals surface area contributed by atoms with E-state index in [4.69, 9.17) is 0 Å². The minimum absolute atomic E-state index is 0.0246. The van der Waals surface area contributed by atoms with Crippen LogP contribution in [0.3, 0.4) is 0 Å². The SMILES string of the molecule is O=C(CN[C@H](c1ccccc1)C1CCC1)NCC(F)(F)F. The Labute approximate surface area is 121 Å². The Hall–Kier alpha value is -1.56. The number of nitrogens with one attached hydrogen (secondary N) is 2. The molecular formula is C15H19F3N2O. The average Bonchev–Trinajstić information content (AvgIpc) is 2.39. The van der Waals surface area contributed by atoms with Crippen molar-refractivity contribution in [1.29, 1.82) is 0 Å². The van der Waals surface area contributed by atoms with Gasteiger partial charge in [-0.05, 0) is 24.3 Å². The van der Waals surface area contributed by atoms with Gasteiger partial charge in [0.05, 0.1) is 6.54 Å². The number of halogens is 3. The van der Waals surface area contributed by atoms with E-state index in [-0.39, 0.29) is 12.6 Å². The Balaban J connectivity index is 1.87. The predicted octanol–water partition coefficient (Wildman–Crippen LogP) is 2.80. The molecule has 0 bridgehead atoms. The number of hydrogen-bond donors (Lipinski definition) is 2. The summed E-state index contributed by atoms with van der Waals surface area (Å²) in [5.74, 6) is -0.185. The highest BCUT2D eigenvalue weighted by Crippen LogP contribution is 2.37. The van der Waals surface area contributed by atoms with Crippen LogP contribution in [0.25, 0.3) is 0 Å². The number of hydrogen-bond acceptors (Lipinski definition) is 2. The smallest absolute Gasteiger partial charge is 0.346 e. The van der Waals surface area contributed by atoms with Gasteiger partial charge in [0.2, 0.25) is 5.91 Å². The first kappa shape index (κ1) is 15.8. The molecule has 3 nitrogen and oxygen atoms in total. The van der Waals surface area contributed by atoms with E-state index in [9.17, 15) is 18.0 Å². The molecule has 0 unspecified atom stereocenters. The Morgan fingerprint density at radius 2 is 1.90 bits per heavy atom. The number of benzene rings is 1. The first-order chi connectivity index (χ1) is 9.96. The zero-order valence-electron chi connectivity index (χ0n) is 11.6. The molecule has 1 aliphatic carbocycles. The Kier molecular flexibility index (Phi) is 5.22. The van der Waals surface area contributed by atoms with Crippen LogP contribution in [0, 0.1) is 5.92 Å². The van der Waals surface area contributed by atoms with E-state index < -0.39 is 18.6 Å². The molecule has 1 amide bonds. The highest BCUT2D eigenvalue weighted by atomic mass is 19.4. The third kappa shape index (κ3) is 5.04. The molecule has 2 rings (SSSR count). The van der Waals surface area contributed by atoms with Crippen molar-refractivity contribution in [2.24, 2.45) is 5.92 Å². The second-order valence-electron chi connectivity index (χ2n) is 5.35. The highest BCUT2D eigenvalue weighted by Gasteiger charge is 2.30. The van der Waals surface area contributed by atoms with Crippen LogP contribution in [-0.4, -0.2) is 25.2 Å². The average molecular weight is 300 g/mol. The summed E-state index contributed by atoms with van der Waals surface area (Å²) in [5, 5.41) is 4.97. The minimum atomic E-state index is -4.37. The van der Waals surface area contributed by atoms with Gasteiger partial charge in [-0.2, -0.15) is 13.2 Å². The Morgan fingerprint density at radius 3 is 2.43 bits per heavy atom. The van der Waals surface area contributed by atoms with E-state index >= 15 is 0 Å². The quantitative estimate of drug-likeness (QED) is 0.848. The summed E-state index contributed by atoms with van der Waals surface area (Å²) >= 11 is 0. The van der Waals surface area contributed by atoms with Crippen LogP contribution in [0.5, 0.6) is 0 Å². The fourth-order valence-corrected chi connectivity index (χ4v) is 2.45. The first-order valence-electron chi connectivity index (χ1n) is 7.07. The molecular weight excluding hydrogens is 281 g/mol. The maximum atomic E-state index is 12.0. The van der Waals surface area contributed by atoms with E-state index in [0.29, 0.717) is 5.92 Å². The second kappa shape index (κ2) is 6.93. The molecule has 0 spiro atoms. The van der Waals surface area contributed by atoms with E-state index in [0.717, 1.165) is 24.8 Å². The lowest BCUT2D eigenvalue weighted by atomic mass is 9.77. The first-order valence-corrected chi connectivity index (χ1v) is 7.07. The molecule has 2 N–H and O–H groups in total. The number of rotatable bonds is 6. The van der Waals surface area contributed by atoms with Crippen LogP contribution in [-0.2, 0) is 4.79 Å². The third-order valence-corrected chi connectivity index (χ3v) is 3.75. The monoisotopic (exact) mass is 300 g/mol. The summed E-state index contributed by atoms with van der Waals surface area (Å²) in [6.45, 7) is -1.39. The van der Waals surface area contributed by atoms with Crippen molar-refractivity contribution < 1.29 is 18.0 Å². The van der Waals surface area contributed by atoms with Gasteiger partial charge in [-0.3, -0.25) is 4.79 Å². The van der Waals surface area contributed by atoms with Gasteiger partial charge >= 0.3 is 6.18 Å². The maximum Gasteiger partial charge on any atom is 0.405 e. The van der Waals surface area contributed by atoms with Crippen LogP contribution in [0.15, 0.2) is 30.3 Å². The number of carbonyl (C=O) groups excluding carboxylic acids is 1. The Morgan fingerprint density at radius 1 is 1.24 bits per heavy atom. The molecule has 1 aliphatic rings. The van der Waals surface area contributed by atoms with Gasteiger partial charge in [0.25, 0.3) is 0 Å². The lowest BCUT2D eigenvalue weighted by molar-refractivity contribution is -0.138. The van der Waals surface area contributed by atoms with Gasteiger partial charge in [0.1, 0.15) is 6.54 Å². The summed E-state index contributed by atoms with van der Waals surface area (Å²) in [6, 6.07) is 9.74. The van der Waals surface area contributed by atoms with Gasteiger partial charge < -0.3 is 10.6 Å². The van der Waals surface area contributed by atoms with Crippen LogP contribution < -0.4 is 10.6 Å². The molecule has 0 aromatic heterocycles. The standard InChI is InChI=1S/C15H19F3N2O/c16-15(17,18)10-20-13(21)9-19-14(12-7-4-8-12)11-5-2-1-3-6-11/h1-3,5-6,12,14,19H,4,7-10H2,(H,20,21)/t14-/m1/s1. The molecule has 1 aromatic carbocycles. The largest absolute Gasteiger partial charge is 0.405 e. The van der Waals surface area contributed by atoms with Crippen molar-refractivity contribution in [3.05, 3.63) is 35.9 Å². The molecule has 1 fully saturated rings. The summed E-state index contributed by atoms with van der Waals surface area (Å²) < 4.78 is 36.1. The van der Waals surface area contributed by atoms with Crippen molar-refractivity contribution in [3.8, 4) is 0 Å². The third-order valence-electron chi connectivity index (χ3n) is 3.75. The summed E-state index contributed by atoms with van der Waals surface area (Å²) in [6.07, 6.45) is -1.05. The molecule has 21 heavy (non-hydrogen) atoms. The van der Waals surface area contributed by atoms with Crippen LogP contribution in [0.4, 0.5) is 13.2 Å². The van der Waals surface area contributed by atoms with Crippen molar-refractivity contribution in [1.82, 2.24) is 10.6 Å². The van der Waals surface area contributed by atoms with Gasteiger partial charge in [-0.1, -0.05) is 36.8 Å². The van der Waals surface area contributed by atoms with Crippen molar-refractivity contribution >= 4 is 5.91 Å². The zero-order valence-corrected chi connectivity index (χ0v) is 11.6. The number of amides is 1. The molecule has 1 aromatic rings. The van der Waals surface area contributed by atoms with Crippen LogP contribution in [0.1, 0.15) is 30.9 Å². The molecule has 1 atom stereocenters. The van der Waals surface area contributed by atoms with Gasteiger partial charge in [-0.25, -0.2) is 0 Å². The molecule has 116 valence electrons. The van der Waals surface area contributed by atoms with E-state index in [1.807, 2.05) is 35.6 Å². The zero-order chi connectivity index (χ0) is 15.3. The van der Waals surface area contributed by atoms with Crippen molar-refractivity contribution in [2.45, 2.75) is 31.5 Å². The fourth-order valence-electron chi connectivity index (χ4n) is 2.45. The number of alkyl halides is 3. The minimum Gasteiger partial charge on any atom is -0.346 e. The summed E-state index contributed by atoms with van der Waals surface area (Å²) in [4.78, 5) is 11.5. The highest BCUT2D eigenvalue weighted by molar-refractivity contribution is 5.78. The van der Waals surface area contributed by atoms with E-state index in [2.05, 4.69) is 5.32 Å². The van der Waals surface area contributed by atoms with Crippen molar-refractivity contribution in [2.75, 3.05) is 13.1 Å². The molecule has 0 aliphatic heterocycles. The lowest BCUT2D eigenvalue weighted by Gasteiger charge is -2.34.